The number of carbonyl (C=O) groups excluding carboxylic acids is 2. The van der Waals surface area contributed by atoms with Gasteiger partial charge in [0.15, 0.2) is 0 Å². The average Bonchev–Trinajstić information content (AvgIpc) is 2.81. The number of unbranched alkanes of at least 4 members (excludes halogenated alkanes) is 1. The summed E-state index contributed by atoms with van der Waals surface area (Å²) in [5, 5.41) is 9.93. The number of benzene rings is 1. The SMILES string of the molecule is CCCCC(=O)OCC1(CO)C(=O)N(COC)c2ccccc21. The van der Waals surface area contributed by atoms with Gasteiger partial charge in [-0.25, -0.2) is 0 Å². The summed E-state index contributed by atoms with van der Waals surface area (Å²) in [6.45, 7) is 1.48. The maximum absolute atomic E-state index is 12.8. The zero-order chi connectivity index (χ0) is 16.9. The van der Waals surface area contributed by atoms with Crippen molar-refractivity contribution in [2.45, 2.75) is 31.6 Å². The van der Waals surface area contributed by atoms with Gasteiger partial charge in [-0.3, -0.25) is 14.5 Å². The average molecular weight is 321 g/mol. The lowest BCUT2D eigenvalue weighted by molar-refractivity contribution is -0.148. The lowest BCUT2D eigenvalue weighted by Crippen LogP contribution is -2.47. The van der Waals surface area contributed by atoms with E-state index in [0.29, 0.717) is 17.7 Å². The highest BCUT2D eigenvalue weighted by atomic mass is 16.5. The summed E-state index contributed by atoms with van der Waals surface area (Å²) >= 11 is 0. The van der Waals surface area contributed by atoms with E-state index >= 15 is 0 Å². The van der Waals surface area contributed by atoms with E-state index < -0.39 is 12.0 Å². The molecule has 1 aromatic carbocycles. The molecule has 0 fully saturated rings. The second-order valence-corrected chi connectivity index (χ2v) is 5.67. The zero-order valence-corrected chi connectivity index (χ0v) is 13.6. The van der Waals surface area contributed by atoms with E-state index in [1.807, 2.05) is 13.0 Å². The number of aliphatic hydroxyl groups is 1. The monoisotopic (exact) mass is 321 g/mol. The van der Waals surface area contributed by atoms with E-state index in [2.05, 4.69) is 0 Å². The summed E-state index contributed by atoms with van der Waals surface area (Å²) in [5.74, 6) is -0.665. The Hall–Kier alpha value is -1.92. The van der Waals surface area contributed by atoms with Crippen LogP contribution in [0.5, 0.6) is 0 Å². The number of para-hydroxylation sites is 1. The predicted octanol–water partition coefficient (Wildman–Crippen LogP) is 1.60. The predicted molar refractivity (Wildman–Crippen MR) is 85.1 cm³/mol. The highest BCUT2D eigenvalue weighted by Gasteiger charge is 2.51. The van der Waals surface area contributed by atoms with Gasteiger partial charge in [-0.05, 0) is 18.1 Å². The van der Waals surface area contributed by atoms with Crippen LogP contribution < -0.4 is 4.90 Å². The number of hydrogen-bond acceptors (Lipinski definition) is 5. The lowest BCUT2D eigenvalue weighted by Gasteiger charge is -2.26. The van der Waals surface area contributed by atoms with Crippen molar-refractivity contribution in [3.05, 3.63) is 29.8 Å². The fourth-order valence-corrected chi connectivity index (χ4v) is 2.79. The molecule has 1 unspecified atom stereocenters. The van der Waals surface area contributed by atoms with Gasteiger partial charge in [-0.2, -0.15) is 0 Å². The minimum Gasteiger partial charge on any atom is -0.464 e. The normalized spacial score (nSPS) is 19.8. The van der Waals surface area contributed by atoms with Crippen LogP contribution in [0.2, 0.25) is 0 Å². The summed E-state index contributed by atoms with van der Waals surface area (Å²) in [5.41, 5.74) is 0.0858. The van der Waals surface area contributed by atoms with Crippen LogP contribution in [0.15, 0.2) is 24.3 Å². The summed E-state index contributed by atoms with van der Waals surface area (Å²) in [4.78, 5) is 26.1. The molecule has 6 nitrogen and oxygen atoms in total. The summed E-state index contributed by atoms with van der Waals surface area (Å²) in [6.07, 6.45) is 1.95. The van der Waals surface area contributed by atoms with Crippen molar-refractivity contribution in [3.63, 3.8) is 0 Å². The number of ether oxygens (including phenoxy) is 2. The van der Waals surface area contributed by atoms with Gasteiger partial charge >= 0.3 is 5.97 Å². The van der Waals surface area contributed by atoms with Gasteiger partial charge in [0.1, 0.15) is 18.8 Å². The van der Waals surface area contributed by atoms with E-state index in [4.69, 9.17) is 9.47 Å². The highest BCUT2D eigenvalue weighted by Crippen LogP contribution is 2.41. The Morgan fingerprint density at radius 1 is 1.35 bits per heavy atom. The minimum atomic E-state index is -1.25. The van der Waals surface area contributed by atoms with E-state index in [1.54, 1.807) is 18.2 Å². The van der Waals surface area contributed by atoms with Gasteiger partial charge in [-0.15, -0.1) is 0 Å². The van der Waals surface area contributed by atoms with Gasteiger partial charge in [0.25, 0.3) is 0 Å². The molecule has 0 saturated heterocycles. The first-order chi connectivity index (χ1) is 11.1. The van der Waals surface area contributed by atoms with Gasteiger partial charge in [0.2, 0.25) is 5.91 Å². The Morgan fingerprint density at radius 3 is 2.74 bits per heavy atom. The number of amides is 1. The number of carbonyl (C=O) groups is 2. The van der Waals surface area contributed by atoms with Crippen molar-refractivity contribution in [3.8, 4) is 0 Å². The molecule has 6 heteroatoms. The van der Waals surface area contributed by atoms with Crippen LogP contribution in [0.3, 0.4) is 0 Å². The standard InChI is InChI=1S/C17H23NO5/c1-3-4-9-15(20)23-11-17(10-19)13-7-5-6-8-14(13)18(12-22-2)16(17)21/h5-8,19H,3-4,9-12H2,1-2H3. The number of hydrogen-bond donors (Lipinski definition) is 1. The molecule has 1 N–H and O–H groups in total. The Balaban J connectivity index is 2.26. The quantitative estimate of drug-likeness (QED) is 0.736. The van der Waals surface area contributed by atoms with Crippen LogP contribution in [0.1, 0.15) is 31.7 Å². The molecule has 0 saturated carbocycles. The topological polar surface area (TPSA) is 76.1 Å². The molecule has 1 aliphatic rings. The first-order valence-corrected chi connectivity index (χ1v) is 7.77. The number of nitrogens with zero attached hydrogens (tertiary/aromatic N) is 1. The van der Waals surface area contributed by atoms with Crippen LogP contribution in [-0.2, 0) is 24.5 Å². The molecule has 1 amide bonds. The van der Waals surface area contributed by atoms with Crippen molar-refractivity contribution in [2.24, 2.45) is 0 Å². The second-order valence-electron chi connectivity index (χ2n) is 5.67. The number of aliphatic hydroxyl groups excluding tert-OH is 1. The van der Waals surface area contributed by atoms with Gasteiger partial charge in [0, 0.05) is 13.5 Å². The first-order valence-electron chi connectivity index (χ1n) is 7.77. The molecular weight excluding hydrogens is 298 g/mol. The Bertz CT molecular complexity index is 574. The molecule has 2 rings (SSSR count). The lowest BCUT2D eigenvalue weighted by atomic mass is 9.83. The Labute approximate surface area is 136 Å². The molecule has 1 heterocycles. The number of rotatable bonds is 8. The molecule has 1 aromatic rings. The first kappa shape index (κ1) is 17.4. The van der Waals surface area contributed by atoms with Crippen molar-refractivity contribution < 1.29 is 24.2 Å². The van der Waals surface area contributed by atoms with Gasteiger partial charge in [0.05, 0.1) is 12.3 Å². The number of anilines is 1. The smallest absolute Gasteiger partial charge is 0.305 e. The summed E-state index contributed by atoms with van der Waals surface area (Å²) < 4.78 is 10.4. The van der Waals surface area contributed by atoms with Gasteiger partial charge in [-0.1, -0.05) is 31.5 Å². The van der Waals surface area contributed by atoms with Crippen molar-refractivity contribution in [2.75, 3.05) is 32.0 Å². The minimum absolute atomic E-state index is 0.0847. The molecule has 0 aromatic heterocycles. The third-order valence-corrected chi connectivity index (χ3v) is 4.11. The molecule has 0 spiro atoms. The third-order valence-electron chi connectivity index (χ3n) is 4.11. The maximum Gasteiger partial charge on any atom is 0.305 e. The van der Waals surface area contributed by atoms with E-state index in [1.165, 1.54) is 12.0 Å². The van der Waals surface area contributed by atoms with Crippen LogP contribution in [0, 0.1) is 0 Å². The van der Waals surface area contributed by atoms with Crippen molar-refractivity contribution in [1.29, 1.82) is 0 Å². The van der Waals surface area contributed by atoms with Crippen molar-refractivity contribution in [1.82, 2.24) is 0 Å². The van der Waals surface area contributed by atoms with E-state index in [9.17, 15) is 14.7 Å². The fourth-order valence-electron chi connectivity index (χ4n) is 2.79. The molecule has 126 valence electrons. The number of methoxy groups -OCH3 is 1. The molecule has 1 atom stereocenters. The molecular formula is C17H23NO5. The van der Waals surface area contributed by atoms with Crippen LogP contribution in [0.4, 0.5) is 5.69 Å². The molecule has 0 radical (unpaired) electrons. The van der Waals surface area contributed by atoms with Crippen LogP contribution >= 0.6 is 0 Å². The zero-order valence-electron chi connectivity index (χ0n) is 13.6. The largest absolute Gasteiger partial charge is 0.464 e. The molecule has 0 aliphatic carbocycles. The van der Waals surface area contributed by atoms with Crippen LogP contribution in [-0.4, -0.2) is 44.0 Å². The molecule has 0 bridgehead atoms. The highest BCUT2D eigenvalue weighted by molar-refractivity contribution is 6.08. The third kappa shape index (κ3) is 3.23. The van der Waals surface area contributed by atoms with E-state index in [-0.39, 0.29) is 25.2 Å². The Kier molecular flexibility index (Phi) is 5.74. The molecule has 1 aliphatic heterocycles. The van der Waals surface area contributed by atoms with Crippen LogP contribution in [0.25, 0.3) is 0 Å². The maximum atomic E-state index is 12.8. The number of fused-ring (bicyclic) bond motifs is 1. The summed E-state index contributed by atoms with van der Waals surface area (Å²) in [7, 11) is 1.50. The summed E-state index contributed by atoms with van der Waals surface area (Å²) in [6, 6.07) is 7.18. The fraction of sp³-hybridized carbons (Fsp3) is 0.529. The molecule has 23 heavy (non-hydrogen) atoms. The second kappa shape index (κ2) is 7.57. The number of esters is 1. The Morgan fingerprint density at radius 2 is 2.09 bits per heavy atom. The van der Waals surface area contributed by atoms with Gasteiger partial charge < -0.3 is 14.6 Å². The van der Waals surface area contributed by atoms with E-state index in [0.717, 1.165) is 12.8 Å². The van der Waals surface area contributed by atoms with Crippen molar-refractivity contribution >= 4 is 17.6 Å².